The van der Waals surface area contributed by atoms with Crippen LogP contribution in [-0.2, 0) is 7.05 Å². The van der Waals surface area contributed by atoms with Crippen molar-refractivity contribution >= 4 is 33.5 Å². The predicted molar refractivity (Wildman–Crippen MR) is 74.8 cm³/mol. The second-order valence-corrected chi connectivity index (χ2v) is 6.08. The number of halogens is 1. The van der Waals surface area contributed by atoms with Crippen LogP contribution >= 0.6 is 27.7 Å². The molecule has 94 valence electrons. The van der Waals surface area contributed by atoms with Gasteiger partial charge in [0.1, 0.15) is 6.33 Å². The van der Waals surface area contributed by atoms with Crippen molar-refractivity contribution in [2.24, 2.45) is 7.05 Å². The normalized spacial score (nSPS) is 12.4. The third-order valence-corrected chi connectivity index (χ3v) is 4.13. The molecule has 18 heavy (non-hydrogen) atoms. The third-order valence-electron chi connectivity index (χ3n) is 2.45. The fourth-order valence-electron chi connectivity index (χ4n) is 1.44. The largest absolute Gasteiger partial charge is 0.312 e. The maximum atomic E-state index is 12.2. The zero-order valence-corrected chi connectivity index (χ0v) is 12.4. The number of Topliss-reactive ketones (excluding diaryl/α,β-unsaturated/α-hetero) is 1. The quantitative estimate of drug-likeness (QED) is 0.640. The maximum absolute atomic E-state index is 12.2. The van der Waals surface area contributed by atoms with E-state index in [1.165, 1.54) is 11.8 Å². The summed E-state index contributed by atoms with van der Waals surface area (Å²) in [5.74, 6) is 0.0931. The summed E-state index contributed by atoms with van der Waals surface area (Å²) in [6, 6.07) is 7.38. The van der Waals surface area contributed by atoms with E-state index in [9.17, 15) is 4.79 Å². The Balaban J connectivity index is 2.09. The molecule has 2 aromatic rings. The molecule has 0 aliphatic rings. The topological polar surface area (TPSA) is 47.8 Å². The molecule has 0 bridgehead atoms. The summed E-state index contributed by atoms with van der Waals surface area (Å²) in [6.45, 7) is 1.88. The van der Waals surface area contributed by atoms with Gasteiger partial charge in [-0.3, -0.25) is 4.79 Å². The van der Waals surface area contributed by atoms with E-state index in [4.69, 9.17) is 0 Å². The van der Waals surface area contributed by atoms with Gasteiger partial charge in [0.15, 0.2) is 10.9 Å². The average Bonchev–Trinajstić information content (AvgIpc) is 2.75. The first-order valence-corrected chi connectivity index (χ1v) is 7.05. The van der Waals surface area contributed by atoms with Gasteiger partial charge in [-0.25, -0.2) is 0 Å². The molecule has 1 aromatic carbocycles. The molecule has 0 saturated heterocycles. The molecule has 0 N–H and O–H groups in total. The molecule has 0 spiro atoms. The van der Waals surface area contributed by atoms with Gasteiger partial charge < -0.3 is 4.57 Å². The number of benzene rings is 1. The first-order chi connectivity index (χ1) is 8.58. The van der Waals surface area contributed by atoms with Crippen molar-refractivity contribution in [3.05, 3.63) is 40.6 Å². The lowest BCUT2D eigenvalue weighted by Crippen LogP contribution is -2.14. The van der Waals surface area contributed by atoms with Crippen LogP contribution < -0.4 is 0 Å². The van der Waals surface area contributed by atoms with Crippen LogP contribution in [0.25, 0.3) is 0 Å². The monoisotopic (exact) mass is 325 g/mol. The first kappa shape index (κ1) is 13.3. The molecule has 4 nitrogen and oxygen atoms in total. The highest BCUT2D eigenvalue weighted by Crippen LogP contribution is 2.23. The summed E-state index contributed by atoms with van der Waals surface area (Å²) >= 11 is 4.76. The summed E-state index contributed by atoms with van der Waals surface area (Å²) in [5.41, 5.74) is 0.709. The molecule has 1 heterocycles. The Bertz CT molecular complexity index is 553. The van der Waals surface area contributed by atoms with E-state index in [2.05, 4.69) is 26.1 Å². The van der Waals surface area contributed by atoms with Crippen LogP contribution in [0.15, 0.2) is 40.2 Å². The van der Waals surface area contributed by atoms with Crippen LogP contribution in [0.3, 0.4) is 0 Å². The zero-order chi connectivity index (χ0) is 13.1. The predicted octanol–water partition coefficient (Wildman–Crippen LogP) is 2.94. The van der Waals surface area contributed by atoms with Gasteiger partial charge in [0.25, 0.3) is 0 Å². The zero-order valence-electron chi connectivity index (χ0n) is 10.0. The Morgan fingerprint density at radius 2 is 2.06 bits per heavy atom. The van der Waals surface area contributed by atoms with Gasteiger partial charge in [0.05, 0.1) is 5.25 Å². The van der Waals surface area contributed by atoms with Crippen molar-refractivity contribution < 1.29 is 4.79 Å². The van der Waals surface area contributed by atoms with Crippen LogP contribution in [0.2, 0.25) is 0 Å². The summed E-state index contributed by atoms with van der Waals surface area (Å²) in [4.78, 5) is 12.2. The highest BCUT2D eigenvalue weighted by molar-refractivity contribution is 9.10. The molecule has 1 atom stereocenters. The Morgan fingerprint density at radius 3 is 2.61 bits per heavy atom. The van der Waals surface area contributed by atoms with E-state index in [-0.39, 0.29) is 11.0 Å². The Kier molecular flexibility index (Phi) is 4.19. The standard InChI is InChI=1S/C12H12BrN3OS/c1-8(18-12-15-14-7-16(12)2)11(17)9-3-5-10(13)6-4-9/h3-8H,1-2H3/t8-/m1/s1. The number of aromatic nitrogens is 3. The molecule has 2 rings (SSSR count). The number of hydrogen-bond acceptors (Lipinski definition) is 4. The minimum Gasteiger partial charge on any atom is -0.312 e. The van der Waals surface area contributed by atoms with Gasteiger partial charge in [0.2, 0.25) is 0 Å². The molecule has 0 saturated carbocycles. The third kappa shape index (κ3) is 3.00. The summed E-state index contributed by atoms with van der Waals surface area (Å²) in [7, 11) is 1.86. The van der Waals surface area contributed by atoms with Crippen molar-refractivity contribution in [1.82, 2.24) is 14.8 Å². The second kappa shape index (κ2) is 5.67. The number of ketones is 1. The van der Waals surface area contributed by atoms with E-state index in [0.717, 1.165) is 9.63 Å². The summed E-state index contributed by atoms with van der Waals surface area (Å²) in [6.07, 6.45) is 1.62. The minimum absolute atomic E-state index is 0.0931. The van der Waals surface area contributed by atoms with Crippen LogP contribution in [0, 0.1) is 0 Å². The Labute approximate surface area is 118 Å². The number of aryl methyl sites for hydroxylation is 1. The Hall–Kier alpha value is -1.14. The van der Waals surface area contributed by atoms with Crippen LogP contribution in [0.5, 0.6) is 0 Å². The van der Waals surface area contributed by atoms with E-state index in [0.29, 0.717) is 5.56 Å². The summed E-state index contributed by atoms with van der Waals surface area (Å²) in [5, 5.41) is 8.31. The van der Waals surface area contributed by atoms with Gasteiger partial charge in [-0.1, -0.05) is 39.8 Å². The molecule has 0 amide bonds. The number of carbonyl (C=O) groups excluding carboxylic acids is 1. The Morgan fingerprint density at radius 1 is 1.39 bits per heavy atom. The smallest absolute Gasteiger partial charge is 0.191 e. The highest BCUT2D eigenvalue weighted by Gasteiger charge is 2.18. The van der Waals surface area contributed by atoms with Crippen LogP contribution in [-0.4, -0.2) is 25.8 Å². The molecular weight excluding hydrogens is 314 g/mol. The van der Waals surface area contributed by atoms with E-state index in [1.54, 1.807) is 10.9 Å². The van der Waals surface area contributed by atoms with Crippen molar-refractivity contribution in [2.45, 2.75) is 17.3 Å². The SMILES string of the molecule is C[C@@H](Sc1nncn1C)C(=O)c1ccc(Br)cc1. The molecule has 0 aliphatic carbocycles. The summed E-state index contributed by atoms with van der Waals surface area (Å²) < 4.78 is 2.77. The second-order valence-electron chi connectivity index (χ2n) is 3.86. The van der Waals surface area contributed by atoms with Crippen molar-refractivity contribution in [3.63, 3.8) is 0 Å². The van der Waals surface area contributed by atoms with Crippen molar-refractivity contribution in [1.29, 1.82) is 0 Å². The minimum atomic E-state index is -0.186. The number of rotatable bonds is 4. The van der Waals surface area contributed by atoms with Gasteiger partial charge in [0, 0.05) is 17.1 Å². The molecule has 0 unspecified atom stereocenters. The van der Waals surface area contributed by atoms with Gasteiger partial charge >= 0.3 is 0 Å². The number of thioether (sulfide) groups is 1. The van der Waals surface area contributed by atoms with Crippen LogP contribution in [0.4, 0.5) is 0 Å². The van der Waals surface area contributed by atoms with E-state index >= 15 is 0 Å². The number of hydrogen-bond donors (Lipinski definition) is 0. The molecule has 0 fully saturated rings. The molecule has 0 aliphatic heterocycles. The molecule has 0 radical (unpaired) electrons. The molecule has 6 heteroatoms. The highest BCUT2D eigenvalue weighted by atomic mass is 79.9. The van der Waals surface area contributed by atoms with Gasteiger partial charge in [-0.15, -0.1) is 10.2 Å². The van der Waals surface area contributed by atoms with Gasteiger partial charge in [-0.2, -0.15) is 0 Å². The lowest BCUT2D eigenvalue weighted by Gasteiger charge is -2.09. The van der Waals surface area contributed by atoms with Crippen LogP contribution in [0.1, 0.15) is 17.3 Å². The van der Waals surface area contributed by atoms with Gasteiger partial charge in [-0.05, 0) is 19.1 Å². The molecule has 1 aromatic heterocycles. The van der Waals surface area contributed by atoms with Crippen molar-refractivity contribution in [3.8, 4) is 0 Å². The fourth-order valence-corrected chi connectivity index (χ4v) is 2.57. The number of nitrogens with zero attached hydrogens (tertiary/aromatic N) is 3. The molecular formula is C12H12BrN3OS. The maximum Gasteiger partial charge on any atom is 0.191 e. The average molecular weight is 326 g/mol. The lowest BCUT2D eigenvalue weighted by molar-refractivity contribution is 0.0994. The first-order valence-electron chi connectivity index (χ1n) is 5.38. The van der Waals surface area contributed by atoms with E-state index in [1.807, 2.05) is 38.2 Å². The lowest BCUT2D eigenvalue weighted by atomic mass is 10.1. The fraction of sp³-hybridized carbons (Fsp3) is 0.250. The van der Waals surface area contributed by atoms with E-state index < -0.39 is 0 Å². The number of carbonyl (C=O) groups is 1. The van der Waals surface area contributed by atoms with Crippen molar-refractivity contribution in [2.75, 3.05) is 0 Å².